The molecule has 2 aromatic heterocycles. The molecule has 4 N–H and O–H groups in total. The van der Waals surface area contributed by atoms with Gasteiger partial charge >= 0.3 is 6.03 Å². The molecule has 0 spiro atoms. The Morgan fingerprint density at radius 1 is 1.03 bits per heavy atom. The molecule has 0 saturated carbocycles. The topological polar surface area (TPSA) is 126 Å². The number of amides is 3. The molecular formula is C27H33N7O3. The summed E-state index contributed by atoms with van der Waals surface area (Å²) in [6.07, 6.45) is 6.75. The number of nitrogens with two attached hydrogens (primary N) is 1. The summed E-state index contributed by atoms with van der Waals surface area (Å²) in [5.74, 6) is -0.350. The number of para-hydroxylation sites is 2. The van der Waals surface area contributed by atoms with E-state index in [0.717, 1.165) is 51.3 Å². The molecule has 3 aromatic rings. The minimum Gasteiger partial charge on any atom is -0.397 e. The number of rotatable bonds is 9. The van der Waals surface area contributed by atoms with Gasteiger partial charge in [-0.05, 0) is 55.3 Å². The maximum atomic E-state index is 13.1. The molecule has 1 aliphatic heterocycles. The summed E-state index contributed by atoms with van der Waals surface area (Å²) in [5, 5.41) is 5.69. The maximum Gasteiger partial charge on any atom is 0.322 e. The van der Waals surface area contributed by atoms with Gasteiger partial charge in [0, 0.05) is 45.2 Å². The summed E-state index contributed by atoms with van der Waals surface area (Å²) >= 11 is 0. The number of aromatic nitrogens is 2. The van der Waals surface area contributed by atoms with Gasteiger partial charge in [0.25, 0.3) is 5.91 Å². The van der Waals surface area contributed by atoms with Gasteiger partial charge in [0.05, 0.1) is 29.9 Å². The summed E-state index contributed by atoms with van der Waals surface area (Å²) in [4.78, 5) is 38.2. The van der Waals surface area contributed by atoms with Crippen LogP contribution in [0.2, 0.25) is 0 Å². The lowest BCUT2D eigenvalue weighted by Gasteiger charge is -2.25. The van der Waals surface area contributed by atoms with Gasteiger partial charge < -0.3 is 30.9 Å². The van der Waals surface area contributed by atoms with E-state index >= 15 is 0 Å². The Morgan fingerprint density at radius 3 is 2.70 bits per heavy atom. The molecule has 10 heteroatoms. The van der Waals surface area contributed by atoms with E-state index in [1.807, 2.05) is 6.07 Å². The number of carbonyl (C=O) groups is 2. The summed E-state index contributed by atoms with van der Waals surface area (Å²) in [6, 6.07) is 13.9. The molecule has 10 nitrogen and oxygen atoms in total. The van der Waals surface area contributed by atoms with Crippen molar-refractivity contribution in [1.82, 2.24) is 19.8 Å². The number of pyridine rings is 2. The predicted octanol–water partition coefficient (Wildman–Crippen LogP) is 3.46. The molecule has 1 aliphatic rings. The Kier molecular flexibility index (Phi) is 9.39. The third-order valence-corrected chi connectivity index (χ3v) is 6.06. The number of hydrogen-bond donors (Lipinski definition) is 3. The van der Waals surface area contributed by atoms with Crippen LogP contribution in [0.25, 0.3) is 0 Å². The molecule has 0 bridgehead atoms. The first-order valence-corrected chi connectivity index (χ1v) is 12.5. The molecule has 0 radical (unpaired) electrons. The normalized spacial score (nSPS) is 13.9. The third-order valence-electron chi connectivity index (χ3n) is 6.06. The molecule has 3 heterocycles. The van der Waals surface area contributed by atoms with Crippen LogP contribution in [0.15, 0.2) is 67.1 Å². The van der Waals surface area contributed by atoms with E-state index in [9.17, 15) is 9.59 Å². The second-order valence-corrected chi connectivity index (χ2v) is 8.85. The number of ether oxygens (including phenoxy) is 1. The van der Waals surface area contributed by atoms with Gasteiger partial charge in [-0.15, -0.1) is 0 Å². The quantitative estimate of drug-likeness (QED) is 0.382. The Bertz CT molecular complexity index is 1150. The Hall–Kier alpha value is -4.02. The predicted molar refractivity (Wildman–Crippen MR) is 143 cm³/mol. The highest BCUT2D eigenvalue weighted by Crippen LogP contribution is 2.18. The summed E-state index contributed by atoms with van der Waals surface area (Å²) in [7, 11) is 0. The molecule has 0 aliphatic carbocycles. The van der Waals surface area contributed by atoms with Crippen LogP contribution in [0.3, 0.4) is 0 Å². The van der Waals surface area contributed by atoms with Crippen LogP contribution in [0.4, 0.5) is 21.9 Å². The molecule has 1 saturated heterocycles. The molecule has 37 heavy (non-hydrogen) atoms. The minimum absolute atomic E-state index is 0.214. The molecule has 194 valence electrons. The lowest BCUT2D eigenvalue weighted by Crippen LogP contribution is -2.37. The minimum atomic E-state index is -0.350. The van der Waals surface area contributed by atoms with E-state index in [4.69, 9.17) is 10.5 Å². The highest BCUT2D eigenvalue weighted by Gasteiger charge is 2.17. The lowest BCUT2D eigenvalue weighted by molar-refractivity contribution is 0.102. The van der Waals surface area contributed by atoms with Crippen LogP contribution in [-0.4, -0.2) is 71.1 Å². The number of anilines is 3. The number of nitrogen functional groups attached to an aromatic ring is 1. The van der Waals surface area contributed by atoms with Crippen LogP contribution in [0.5, 0.6) is 0 Å². The number of hydrogen-bond acceptors (Lipinski definition) is 7. The van der Waals surface area contributed by atoms with Gasteiger partial charge in [-0.2, -0.15) is 0 Å². The second kappa shape index (κ2) is 13.3. The fraction of sp³-hybridized carbons (Fsp3) is 0.333. The molecule has 1 fully saturated rings. The van der Waals surface area contributed by atoms with E-state index in [2.05, 4.69) is 25.5 Å². The van der Waals surface area contributed by atoms with Gasteiger partial charge in [-0.1, -0.05) is 18.2 Å². The Morgan fingerprint density at radius 2 is 1.92 bits per heavy atom. The fourth-order valence-electron chi connectivity index (χ4n) is 4.07. The number of benzene rings is 1. The molecule has 1 aromatic carbocycles. The zero-order chi connectivity index (χ0) is 25.9. The van der Waals surface area contributed by atoms with E-state index in [1.54, 1.807) is 66.0 Å². The summed E-state index contributed by atoms with van der Waals surface area (Å²) < 4.78 is 5.54. The maximum absolute atomic E-state index is 13.1. The summed E-state index contributed by atoms with van der Waals surface area (Å²) in [6.45, 7) is 5.27. The highest BCUT2D eigenvalue weighted by atomic mass is 16.5. The average Bonchev–Trinajstić information content (AvgIpc) is 3.19. The number of urea groups is 1. The first kappa shape index (κ1) is 26.1. The zero-order valence-corrected chi connectivity index (χ0v) is 20.8. The number of carbonyl (C=O) groups excluding carboxylic acids is 2. The average molecular weight is 504 g/mol. The van der Waals surface area contributed by atoms with E-state index in [0.29, 0.717) is 30.2 Å². The molecule has 3 amide bonds. The monoisotopic (exact) mass is 503 g/mol. The first-order valence-electron chi connectivity index (χ1n) is 12.5. The Balaban J connectivity index is 1.39. The second-order valence-electron chi connectivity index (χ2n) is 8.85. The molecule has 4 rings (SSSR count). The van der Waals surface area contributed by atoms with Gasteiger partial charge in [-0.25, -0.2) is 4.79 Å². The van der Waals surface area contributed by atoms with Crippen molar-refractivity contribution < 1.29 is 14.3 Å². The van der Waals surface area contributed by atoms with Gasteiger partial charge in [0.15, 0.2) is 0 Å². The number of nitrogens with zero attached hydrogens (tertiary/aromatic N) is 4. The smallest absolute Gasteiger partial charge is 0.322 e. The van der Waals surface area contributed by atoms with Gasteiger partial charge in [0.2, 0.25) is 0 Å². The van der Waals surface area contributed by atoms with Gasteiger partial charge in [0.1, 0.15) is 5.69 Å². The van der Waals surface area contributed by atoms with E-state index < -0.39 is 0 Å². The van der Waals surface area contributed by atoms with Crippen LogP contribution in [-0.2, 0) is 11.3 Å². The Labute approximate surface area is 216 Å². The van der Waals surface area contributed by atoms with E-state index in [-0.39, 0.29) is 17.6 Å². The summed E-state index contributed by atoms with van der Waals surface area (Å²) in [5.41, 5.74) is 8.65. The van der Waals surface area contributed by atoms with Crippen molar-refractivity contribution in [2.24, 2.45) is 0 Å². The van der Waals surface area contributed by atoms with Crippen molar-refractivity contribution >= 4 is 29.0 Å². The van der Waals surface area contributed by atoms with Crippen molar-refractivity contribution in [2.45, 2.75) is 19.4 Å². The highest BCUT2D eigenvalue weighted by molar-refractivity contribution is 6.04. The fourth-order valence-corrected chi connectivity index (χ4v) is 4.07. The molecular weight excluding hydrogens is 470 g/mol. The van der Waals surface area contributed by atoms with Crippen molar-refractivity contribution in [2.75, 3.05) is 55.8 Å². The standard InChI is InChI=1S/C27H33N7O3/c28-23-7-1-2-8-24(23)32-26(35)25-10-9-21(18-30-25)20-34(27(36)31-22-6-3-11-29-19-22)14-4-12-33-13-5-16-37-17-15-33/h1-3,6-11,18-19H,4-5,12-17,20,28H2,(H,31,36)(H,32,35). The zero-order valence-electron chi connectivity index (χ0n) is 20.8. The molecule has 0 atom stereocenters. The van der Waals surface area contributed by atoms with Crippen LogP contribution >= 0.6 is 0 Å². The lowest BCUT2D eigenvalue weighted by atomic mass is 10.2. The van der Waals surface area contributed by atoms with Gasteiger partial charge in [-0.3, -0.25) is 14.8 Å². The van der Waals surface area contributed by atoms with Crippen molar-refractivity contribution in [3.8, 4) is 0 Å². The van der Waals surface area contributed by atoms with Crippen LogP contribution < -0.4 is 16.4 Å². The third kappa shape index (κ3) is 7.99. The van der Waals surface area contributed by atoms with Crippen molar-refractivity contribution in [3.63, 3.8) is 0 Å². The SMILES string of the molecule is Nc1ccccc1NC(=O)c1ccc(CN(CCCN2CCCOCC2)C(=O)Nc2cccnc2)cn1. The van der Waals surface area contributed by atoms with Crippen molar-refractivity contribution in [3.05, 3.63) is 78.4 Å². The molecule has 0 unspecified atom stereocenters. The largest absolute Gasteiger partial charge is 0.397 e. The van der Waals surface area contributed by atoms with Crippen LogP contribution in [0, 0.1) is 0 Å². The first-order chi connectivity index (χ1) is 18.1. The van der Waals surface area contributed by atoms with E-state index in [1.165, 1.54) is 0 Å². The number of nitrogens with one attached hydrogen (secondary N) is 2. The van der Waals surface area contributed by atoms with Crippen molar-refractivity contribution in [1.29, 1.82) is 0 Å². The van der Waals surface area contributed by atoms with Crippen LogP contribution in [0.1, 0.15) is 28.9 Å².